The molecule has 2 aromatic heterocycles. The highest BCUT2D eigenvalue weighted by molar-refractivity contribution is 9.10. The molecular formula is C9H7BrN2OS2. The number of amides is 1. The predicted molar refractivity (Wildman–Crippen MR) is 66.5 cm³/mol. The Morgan fingerprint density at radius 2 is 2.40 bits per heavy atom. The molecule has 6 heteroatoms. The summed E-state index contributed by atoms with van der Waals surface area (Å²) >= 11 is 6.33. The van der Waals surface area contributed by atoms with Crippen LogP contribution in [0.1, 0.15) is 4.88 Å². The van der Waals surface area contributed by atoms with Crippen LogP contribution in [0.5, 0.6) is 0 Å². The van der Waals surface area contributed by atoms with Crippen LogP contribution in [0.25, 0.3) is 0 Å². The molecule has 0 atom stereocenters. The van der Waals surface area contributed by atoms with Gasteiger partial charge in [-0.25, -0.2) is 4.98 Å². The Balaban J connectivity index is 1.93. The molecule has 0 aliphatic rings. The molecule has 1 amide bonds. The molecule has 0 saturated heterocycles. The zero-order valence-electron chi connectivity index (χ0n) is 7.57. The van der Waals surface area contributed by atoms with Gasteiger partial charge in [-0.2, -0.15) is 0 Å². The molecule has 2 rings (SSSR count). The lowest BCUT2D eigenvalue weighted by atomic mass is 10.3. The van der Waals surface area contributed by atoms with Crippen LogP contribution < -0.4 is 5.32 Å². The van der Waals surface area contributed by atoms with E-state index >= 15 is 0 Å². The highest BCUT2D eigenvalue weighted by Crippen LogP contribution is 2.20. The first kappa shape index (κ1) is 10.8. The van der Waals surface area contributed by atoms with Crippen LogP contribution in [0.4, 0.5) is 5.13 Å². The van der Waals surface area contributed by atoms with Crippen molar-refractivity contribution >= 4 is 49.6 Å². The maximum Gasteiger partial charge on any atom is 0.231 e. The number of nitrogens with one attached hydrogen (secondary N) is 1. The molecule has 0 bridgehead atoms. The molecule has 1 N–H and O–H groups in total. The Hall–Kier alpha value is -0.720. The molecule has 0 aliphatic carbocycles. The van der Waals surface area contributed by atoms with Gasteiger partial charge in [-0.05, 0) is 22.0 Å². The Kier molecular flexibility index (Phi) is 3.50. The fraction of sp³-hybridized carbons (Fsp3) is 0.111. The van der Waals surface area contributed by atoms with E-state index in [2.05, 4.69) is 26.2 Å². The fourth-order valence-corrected chi connectivity index (χ4v) is 3.05. The molecule has 0 saturated carbocycles. The van der Waals surface area contributed by atoms with Gasteiger partial charge >= 0.3 is 0 Å². The smallest absolute Gasteiger partial charge is 0.231 e. The highest BCUT2D eigenvalue weighted by atomic mass is 79.9. The Bertz CT molecular complexity index is 452. The van der Waals surface area contributed by atoms with Crippen LogP contribution in [0, 0.1) is 0 Å². The van der Waals surface area contributed by atoms with Gasteiger partial charge < -0.3 is 5.32 Å². The quantitative estimate of drug-likeness (QED) is 0.946. The summed E-state index contributed by atoms with van der Waals surface area (Å²) in [4.78, 5) is 16.6. The Morgan fingerprint density at radius 1 is 1.53 bits per heavy atom. The van der Waals surface area contributed by atoms with Crippen LogP contribution in [-0.2, 0) is 11.2 Å². The minimum atomic E-state index is -0.0284. The first-order valence-electron chi connectivity index (χ1n) is 4.16. The summed E-state index contributed by atoms with van der Waals surface area (Å²) in [6.45, 7) is 0. The Labute approximate surface area is 103 Å². The van der Waals surface area contributed by atoms with E-state index in [1.54, 1.807) is 17.5 Å². The maximum atomic E-state index is 11.5. The van der Waals surface area contributed by atoms with Gasteiger partial charge in [0.15, 0.2) is 5.13 Å². The zero-order valence-corrected chi connectivity index (χ0v) is 10.8. The predicted octanol–water partition coefficient (Wildman–Crippen LogP) is 3.15. The lowest BCUT2D eigenvalue weighted by Crippen LogP contribution is -2.13. The van der Waals surface area contributed by atoms with E-state index in [0.29, 0.717) is 11.6 Å². The molecule has 0 radical (unpaired) electrons. The van der Waals surface area contributed by atoms with E-state index in [0.717, 1.165) is 9.35 Å². The summed E-state index contributed by atoms with van der Waals surface area (Å²) in [5.74, 6) is -0.0284. The summed E-state index contributed by atoms with van der Waals surface area (Å²) in [5, 5.41) is 7.18. The van der Waals surface area contributed by atoms with Gasteiger partial charge in [0, 0.05) is 26.3 Å². The third-order valence-electron chi connectivity index (χ3n) is 1.64. The van der Waals surface area contributed by atoms with Gasteiger partial charge in [-0.3, -0.25) is 4.79 Å². The standard InChI is InChI=1S/C9H7BrN2OS2/c10-6-3-7(15-5-6)4-8(13)12-9-11-1-2-14-9/h1-3,5H,4H2,(H,11,12,13). The lowest BCUT2D eigenvalue weighted by molar-refractivity contribution is -0.115. The summed E-state index contributed by atoms with van der Waals surface area (Å²) in [7, 11) is 0. The van der Waals surface area contributed by atoms with Crippen LogP contribution in [0.15, 0.2) is 27.5 Å². The molecule has 0 aliphatic heterocycles. The first-order chi connectivity index (χ1) is 7.24. The normalized spacial score (nSPS) is 10.2. The number of anilines is 1. The van der Waals surface area contributed by atoms with Crippen molar-refractivity contribution in [2.75, 3.05) is 5.32 Å². The van der Waals surface area contributed by atoms with Crippen LogP contribution in [0.2, 0.25) is 0 Å². The van der Waals surface area contributed by atoms with Crippen LogP contribution in [-0.4, -0.2) is 10.9 Å². The van der Waals surface area contributed by atoms with Gasteiger partial charge in [0.1, 0.15) is 0 Å². The largest absolute Gasteiger partial charge is 0.302 e. The second kappa shape index (κ2) is 4.87. The number of carbonyl (C=O) groups is 1. The molecule has 0 unspecified atom stereocenters. The summed E-state index contributed by atoms with van der Waals surface area (Å²) in [6, 6.07) is 1.95. The van der Waals surface area contributed by atoms with E-state index in [1.807, 2.05) is 16.8 Å². The molecule has 2 heterocycles. The second-order valence-corrected chi connectivity index (χ2v) is 5.60. The van der Waals surface area contributed by atoms with Gasteiger partial charge in [0.2, 0.25) is 5.91 Å². The molecule has 0 aromatic carbocycles. The van der Waals surface area contributed by atoms with Crippen molar-refractivity contribution in [2.45, 2.75) is 6.42 Å². The molecule has 2 aromatic rings. The van der Waals surface area contributed by atoms with E-state index in [-0.39, 0.29) is 5.91 Å². The third-order valence-corrected chi connectivity index (χ3v) is 4.02. The minimum absolute atomic E-state index is 0.0284. The molecule has 0 fully saturated rings. The summed E-state index contributed by atoms with van der Waals surface area (Å²) < 4.78 is 1.02. The zero-order chi connectivity index (χ0) is 10.7. The number of hydrogen-bond donors (Lipinski definition) is 1. The van der Waals surface area contributed by atoms with Crippen molar-refractivity contribution in [1.29, 1.82) is 0 Å². The number of hydrogen-bond acceptors (Lipinski definition) is 4. The highest BCUT2D eigenvalue weighted by Gasteiger charge is 2.06. The Morgan fingerprint density at radius 3 is 3.00 bits per heavy atom. The number of carbonyl (C=O) groups excluding carboxylic acids is 1. The number of aromatic nitrogens is 1. The molecule has 15 heavy (non-hydrogen) atoms. The monoisotopic (exact) mass is 302 g/mol. The summed E-state index contributed by atoms with van der Waals surface area (Å²) in [6.07, 6.45) is 2.07. The van der Waals surface area contributed by atoms with Gasteiger partial charge in [0.25, 0.3) is 0 Å². The van der Waals surface area contributed by atoms with Gasteiger partial charge in [-0.15, -0.1) is 22.7 Å². The van der Waals surface area contributed by atoms with Crippen molar-refractivity contribution in [3.8, 4) is 0 Å². The van der Waals surface area contributed by atoms with Gasteiger partial charge in [0.05, 0.1) is 6.42 Å². The van der Waals surface area contributed by atoms with Crippen LogP contribution >= 0.6 is 38.6 Å². The number of halogens is 1. The minimum Gasteiger partial charge on any atom is -0.302 e. The third kappa shape index (κ3) is 3.12. The maximum absolute atomic E-state index is 11.5. The SMILES string of the molecule is O=C(Cc1cc(Br)cs1)Nc1nccs1. The van der Waals surface area contributed by atoms with Crippen molar-refractivity contribution in [3.05, 3.63) is 32.4 Å². The molecule has 78 valence electrons. The molecular weight excluding hydrogens is 296 g/mol. The number of nitrogens with zero attached hydrogens (tertiary/aromatic N) is 1. The summed E-state index contributed by atoms with van der Waals surface area (Å²) in [5.41, 5.74) is 0. The lowest BCUT2D eigenvalue weighted by Gasteiger charge is -1.98. The average molecular weight is 303 g/mol. The van der Waals surface area contributed by atoms with Gasteiger partial charge in [-0.1, -0.05) is 0 Å². The van der Waals surface area contributed by atoms with Crippen molar-refractivity contribution in [2.24, 2.45) is 0 Å². The van der Waals surface area contributed by atoms with E-state index in [9.17, 15) is 4.79 Å². The molecule has 0 spiro atoms. The van der Waals surface area contributed by atoms with Crippen molar-refractivity contribution < 1.29 is 4.79 Å². The second-order valence-electron chi connectivity index (χ2n) is 2.79. The topological polar surface area (TPSA) is 42.0 Å². The fourth-order valence-electron chi connectivity index (χ4n) is 1.05. The number of rotatable bonds is 3. The van der Waals surface area contributed by atoms with E-state index < -0.39 is 0 Å². The van der Waals surface area contributed by atoms with Crippen LogP contribution in [0.3, 0.4) is 0 Å². The van der Waals surface area contributed by atoms with E-state index in [4.69, 9.17) is 0 Å². The number of thiophene rings is 1. The molecule has 3 nitrogen and oxygen atoms in total. The first-order valence-corrected chi connectivity index (χ1v) is 6.71. The average Bonchev–Trinajstić information content (AvgIpc) is 2.77. The number of thiazole rings is 1. The van der Waals surface area contributed by atoms with E-state index in [1.165, 1.54) is 11.3 Å². The van der Waals surface area contributed by atoms with Crippen molar-refractivity contribution in [3.63, 3.8) is 0 Å². The van der Waals surface area contributed by atoms with Crippen molar-refractivity contribution in [1.82, 2.24) is 4.98 Å².